The van der Waals surface area contributed by atoms with Crippen molar-refractivity contribution < 1.29 is 9.90 Å². The van der Waals surface area contributed by atoms with Gasteiger partial charge in [-0.05, 0) is 24.1 Å². The van der Waals surface area contributed by atoms with Gasteiger partial charge in [-0.1, -0.05) is 36.4 Å². The number of amides is 1. The number of nitrogens with zero attached hydrogens (tertiary/aromatic N) is 3. The molecule has 0 bridgehead atoms. The highest BCUT2D eigenvalue weighted by molar-refractivity contribution is 5.78. The number of aromatic nitrogens is 1. The number of likely N-dealkylation sites (tertiary alicyclic amines) is 1. The van der Waals surface area contributed by atoms with Crippen LogP contribution >= 0.6 is 0 Å². The fraction of sp³-hybridized carbons (Fsp3) is 0.400. The number of benzene rings is 1. The number of carbonyl (C=O) groups excluding carboxylic acids is 1. The van der Waals surface area contributed by atoms with Gasteiger partial charge in [0.25, 0.3) is 0 Å². The minimum Gasteiger partial charge on any atom is -0.392 e. The number of rotatable bonds is 6. The Hall–Kier alpha value is -2.24. The quantitative estimate of drug-likeness (QED) is 0.873. The largest absolute Gasteiger partial charge is 0.392 e. The van der Waals surface area contributed by atoms with Crippen molar-refractivity contribution in [1.29, 1.82) is 0 Å². The summed E-state index contributed by atoms with van der Waals surface area (Å²) in [5, 5.41) is 9.80. The molecular formula is C20H25N3O2. The second-order valence-electron chi connectivity index (χ2n) is 6.63. The summed E-state index contributed by atoms with van der Waals surface area (Å²) >= 11 is 0. The lowest BCUT2D eigenvalue weighted by molar-refractivity contribution is -0.131. The third-order valence-corrected chi connectivity index (χ3v) is 4.78. The number of hydrogen-bond donors (Lipinski definition) is 1. The van der Waals surface area contributed by atoms with Crippen LogP contribution in [0.3, 0.4) is 0 Å². The number of aliphatic hydroxyl groups is 1. The second kappa shape index (κ2) is 8.23. The molecule has 1 N–H and O–H groups in total. The molecule has 1 aromatic heterocycles. The highest BCUT2D eigenvalue weighted by Gasteiger charge is 2.28. The lowest BCUT2D eigenvalue weighted by Gasteiger charge is -2.32. The molecule has 25 heavy (non-hydrogen) atoms. The molecule has 1 amide bonds. The van der Waals surface area contributed by atoms with Gasteiger partial charge >= 0.3 is 0 Å². The van der Waals surface area contributed by atoms with E-state index in [0.717, 1.165) is 30.8 Å². The number of pyridine rings is 1. The van der Waals surface area contributed by atoms with Crippen molar-refractivity contribution in [3.63, 3.8) is 0 Å². The molecule has 0 saturated carbocycles. The lowest BCUT2D eigenvalue weighted by Crippen LogP contribution is -2.39. The molecule has 0 radical (unpaired) electrons. The highest BCUT2D eigenvalue weighted by atomic mass is 16.3. The zero-order chi connectivity index (χ0) is 17.6. The Morgan fingerprint density at radius 2 is 2.04 bits per heavy atom. The van der Waals surface area contributed by atoms with E-state index in [0.29, 0.717) is 13.0 Å². The van der Waals surface area contributed by atoms with E-state index in [-0.39, 0.29) is 18.1 Å². The molecule has 2 atom stereocenters. The molecule has 5 heteroatoms. The maximum atomic E-state index is 12.8. The van der Waals surface area contributed by atoms with Crippen molar-refractivity contribution in [1.82, 2.24) is 14.8 Å². The van der Waals surface area contributed by atoms with Gasteiger partial charge in [0.1, 0.15) is 0 Å². The molecule has 1 fully saturated rings. The SMILES string of the molecule is CN(C(=O)Cc1ccccn1)C(CN1CCC(O)C1)c1ccccc1. The summed E-state index contributed by atoms with van der Waals surface area (Å²) in [5.41, 5.74) is 1.89. The number of likely N-dealkylation sites (N-methyl/N-ethyl adjacent to an activating group) is 1. The Kier molecular flexibility index (Phi) is 5.79. The third kappa shape index (κ3) is 4.65. The minimum atomic E-state index is -0.258. The van der Waals surface area contributed by atoms with Crippen LogP contribution in [0, 0.1) is 0 Å². The zero-order valence-corrected chi connectivity index (χ0v) is 14.6. The molecule has 3 rings (SSSR count). The van der Waals surface area contributed by atoms with Gasteiger partial charge in [0.05, 0.1) is 18.6 Å². The van der Waals surface area contributed by atoms with Crippen LogP contribution in [0.25, 0.3) is 0 Å². The summed E-state index contributed by atoms with van der Waals surface area (Å²) in [6, 6.07) is 15.7. The van der Waals surface area contributed by atoms with Crippen LogP contribution in [-0.2, 0) is 11.2 Å². The first-order chi connectivity index (χ1) is 12.1. The molecule has 0 spiro atoms. The van der Waals surface area contributed by atoms with E-state index < -0.39 is 0 Å². The highest BCUT2D eigenvalue weighted by Crippen LogP contribution is 2.23. The second-order valence-corrected chi connectivity index (χ2v) is 6.63. The van der Waals surface area contributed by atoms with Gasteiger partial charge in [0, 0.05) is 38.6 Å². The van der Waals surface area contributed by atoms with E-state index in [2.05, 4.69) is 22.0 Å². The molecular weight excluding hydrogens is 314 g/mol. The van der Waals surface area contributed by atoms with Crippen molar-refractivity contribution in [2.24, 2.45) is 0 Å². The van der Waals surface area contributed by atoms with Gasteiger partial charge < -0.3 is 10.0 Å². The number of hydrogen-bond acceptors (Lipinski definition) is 4. The van der Waals surface area contributed by atoms with Crippen molar-refractivity contribution in [3.8, 4) is 0 Å². The molecule has 1 saturated heterocycles. The standard InChI is InChI=1S/C20H25N3O2/c1-22(20(25)13-17-9-5-6-11-21-17)19(16-7-3-2-4-8-16)15-23-12-10-18(24)14-23/h2-9,11,18-19,24H,10,12-15H2,1H3. The van der Waals surface area contributed by atoms with Crippen molar-refractivity contribution in [2.45, 2.75) is 25.0 Å². The Bertz CT molecular complexity index is 678. The van der Waals surface area contributed by atoms with Crippen molar-refractivity contribution in [2.75, 3.05) is 26.7 Å². The van der Waals surface area contributed by atoms with Crippen molar-refractivity contribution >= 4 is 5.91 Å². The molecule has 2 unspecified atom stereocenters. The summed E-state index contributed by atoms with van der Waals surface area (Å²) in [6.45, 7) is 2.27. The van der Waals surface area contributed by atoms with Crippen LogP contribution in [0.2, 0.25) is 0 Å². The topological polar surface area (TPSA) is 56.7 Å². The minimum absolute atomic E-state index is 0.0392. The van der Waals surface area contributed by atoms with Crippen LogP contribution in [0.4, 0.5) is 0 Å². The summed E-state index contributed by atoms with van der Waals surface area (Å²) in [7, 11) is 1.86. The lowest BCUT2D eigenvalue weighted by atomic mass is 10.0. The molecule has 5 nitrogen and oxygen atoms in total. The van der Waals surface area contributed by atoms with Gasteiger partial charge in [0.2, 0.25) is 5.91 Å². The van der Waals surface area contributed by atoms with E-state index in [1.807, 2.05) is 48.3 Å². The third-order valence-electron chi connectivity index (χ3n) is 4.78. The molecule has 0 aliphatic carbocycles. The molecule has 2 heterocycles. The first-order valence-electron chi connectivity index (χ1n) is 8.74. The van der Waals surface area contributed by atoms with E-state index >= 15 is 0 Å². The summed E-state index contributed by atoms with van der Waals surface area (Å²) in [6.07, 6.45) is 2.55. The van der Waals surface area contributed by atoms with Gasteiger partial charge in [-0.15, -0.1) is 0 Å². The van der Waals surface area contributed by atoms with Gasteiger partial charge in [0.15, 0.2) is 0 Å². The maximum Gasteiger partial charge on any atom is 0.228 e. The zero-order valence-electron chi connectivity index (χ0n) is 14.6. The van der Waals surface area contributed by atoms with Gasteiger partial charge in [-0.25, -0.2) is 0 Å². The summed E-state index contributed by atoms with van der Waals surface area (Å²) in [4.78, 5) is 21.1. The molecule has 1 aliphatic rings. The summed E-state index contributed by atoms with van der Waals surface area (Å²) < 4.78 is 0. The summed E-state index contributed by atoms with van der Waals surface area (Å²) in [5.74, 6) is 0.0484. The molecule has 132 valence electrons. The van der Waals surface area contributed by atoms with Crippen LogP contribution < -0.4 is 0 Å². The Balaban J connectivity index is 1.74. The van der Waals surface area contributed by atoms with Crippen LogP contribution in [0.1, 0.15) is 23.7 Å². The number of β-amino-alcohol motifs (C(OH)–C–C–N with tert-alkyl or cyclic N) is 1. The fourth-order valence-corrected chi connectivity index (χ4v) is 3.31. The van der Waals surface area contributed by atoms with E-state index in [1.54, 1.807) is 6.20 Å². The van der Waals surface area contributed by atoms with E-state index in [9.17, 15) is 9.90 Å². The first-order valence-corrected chi connectivity index (χ1v) is 8.74. The number of aliphatic hydroxyl groups excluding tert-OH is 1. The predicted molar refractivity (Wildman–Crippen MR) is 97.0 cm³/mol. The monoisotopic (exact) mass is 339 g/mol. The van der Waals surface area contributed by atoms with Crippen LogP contribution in [-0.4, -0.2) is 58.6 Å². The van der Waals surface area contributed by atoms with Crippen LogP contribution in [0.15, 0.2) is 54.7 Å². The maximum absolute atomic E-state index is 12.8. The van der Waals surface area contributed by atoms with E-state index in [4.69, 9.17) is 0 Å². The molecule has 2 aromatic rings. The smallest absolute Gasteiger partial charge is 0.228 e. The molecule has 1 aromatic carbocycles. The van der Waals surface area contributed by atoms with Crippen molar-refractivity contribution in [3.05, 3.63) is 66.0 Å². The predicted octanol–water partition coefficient (Wildman–Crippen LogP) is 1.89. The molecule has 1 aliphatic heterocycles. The van der Waals surface area contributed by atoms with E-state index in [1.165, 1.54) is 0 Å². The van der Waals surface area contributed by atoms with Gasteiger partial charge in [-0.3, -0.25) is 14.7 Å². The Labute approximate surface area is 148 Å². The average molecular weight is 339 g/mol. The first kappa shape index (κ1) is 17.6. The Morgan fingerprint density at radius 1 is 1.28 bits per heavy atom. The van der Waals surface area contributed by atoms with Crippen LogP contribution in [0.5, 0.6) is 0 Å². The normalized spacial score (nSPS) is 18.9. The van der Waals surface area contributed by atoms with Gasteiger partial charge in [-0.2, -0.15) is 0 Å². The fourth-order valence-electron chi connectivity index (χ4n) is 3.31. The number of carbonyl (C=O) groups is 1. The average Bonchev–Trinajstić information content (AvgIpc) is 3.05. The Morgan fingerprint density at radius 3 is 2.68 bits per heavy atom.